The smallest absolute Gasteiger partial charge is 0.197 e. The molecule has 134 valence electrons. The molecular formula is C19H16N6OS. The maximum absolute atomic E-state index is 5.40. The molecule has 4 heterocycles. The van der Waals surface area contributed by atoms with Crippen molar-refractivity contribution in [2.75, 3.05) is 0 Å². The highest BCUT2D eigenvalue weighted by Crippen LogP contribution is 2.33. The second-order valence-electron chi connectivity index (χ2n) is 6.35. The lowest BCUT2D eigenvalue weighted by Crippen LogP contribution is -1.98. The van der Waals surface area contributed by atoms with Crippen LogP contribution in [0.3, 0.4) is 0 Å². The molecule has 0 N–H and O–H groups in total. The SMILES string of the molecule is Cc1cc2nc(Sc3nnc(-c4ccoc4C)n3C)c3ccccc3n2n1. The molecule has 0 bridgehead atoms. The molecule has 0 aliphatic heterocycles. The summed E-state index contributed by atoms with van der Waals surface area (Å²) in [5.41, 5.74) is 3.72. The average Bonchev–Trinajstić information content (AvgIpc) is 3.34. The molecular weight excluding hydrogens is 360 g/mol. The Morgan fingerprint density at radius 1 is 1.07 bits per heavy atom. The Bertz CT molecular complexity index is 1300. The maximum Gasteiger partial charge on any atom is 0.197 e. The second-order valence-corrected chi connectivity index (χ2v) is 7.30. The first-order chi connectivity index (χ1) is 13.1. The molecule has 8 heteroatoms. The van der Waals surface area contributed by atoms with E-state index in [1.807, 2.05) is 54.2 Å². The van der Waals surface area contributed by atoms with E-state index in [1.165, 1.54) is 11.8 Å². The molecule has 0 aliphatic rings. The van der Waals surface area contributed by atoms with E-state index in [0.29, 0.717) is 0 Å². The van der Waals surface area contributed by atoms with Crippen molar-refractivity contribution in [3.8, 4) is 11.4 Å². The van der Waals surface area contributed by atoms with Crippen molar-refractivity contribution < 1.29 is 4.42 Å². The van der Waals surface area contributed by atoms with Crippen LogP contribution in [0.1, 0.15) is 11.5 Å². The summed E-state index contributed by atoms with van der Waals surface area (Å²) in [7, 11) is 1.95. The van der Waals surface area contributed by atoms with Crippen LogP contribution in [0.15, 0.2) is 57.3 Å². The van der Waals surface area contributed by atoms with Crippen molar-refractivity contribution in [2.45, 2.75) is 24.0 Å². The topological polar surface area (TPSA) is 74.0 Å². The Hall–Kier alpha value is -3.13. The van der Waals surface area contributed by atoms with Crippen LogP contribution >= 0.6 is 11.8 Å². The van der Waals surface area contributed by atoms with Crippen LogP contribution in [0.4, 0.5) is 0 Å². The van der Waals surface area contributed by atoms with E-state index in [4.69, 9.17) is 9.40 Å². The first kappa shape index (κ1) is 16.1. The van der Waals surface area contributed by atoms with Gasteiger partial charge in [0.1, 0.15) is 10.8 Å². The summed E-state index contributed by atoms with van der Waals surface area (Å²) in [5, 5.41) is 16.0. The molecule has 4 aromatic heterocycles. The van der Waals surface area contributed by atoms with Gasteiger partial charge in [0.15, 0.2) is 16.6 Å². The minimum absolute atomic E-state index is 0.767. The zero-order valence-corrected chi connectivity index (χ0v) is 15.9. The van der Waals surface area contributed by atoms with Crippen molar-refractivity contribution in [1.29, 1.82) is 0 Å². The van der Waals surface area contributed by atoms with Gasteiger partial charge in [0.25, 0.3) is 0 Å². The molecule has 0 unspecified atom stereocenters. The van der Waals surface area contributed by atoms with Crippen LogP contribution < -0.4 is 0 Å². The zero-order chi connectivity index (χ0) is 18.5. The quantitative estimate of drug-likeness (QED) is 0.443. The Kier molecular flexibility index (Phi) is 3.54. The Labute approximate surface area is 159 Å². The molecule has 0 radical (unpaired) electrons. The summed E-state index contributed by atoms with van der Waals surface area (Å²) in [6.07, 6.45) is 1.66. The van der Waals surface area contributed by atoms with Gasteiger partial charge in [0.2, 0.25) is 0 Å². The highest BCUT2D eigenvalue weighted by atomic mass is 32.2. The highest BCUT2D eigenvalue weighted by Gasteiger charge is 2.18. The van der Waals surface area contributed by atoms with E-state index in [2.05, 4.69) is 27.4 Å². The van der Waals surface area contributed by atoms with Gasteiger partial charge in [0, 0.05) is 18.5 Å². The fourth-order valence-electron chi connectivity index (χ4n) is 3.17. The summed E-state index contributed by atoms with van der Waals surface area (Å²) in [4.78, 5) is 4.81. The normalized spacial score (nSPS) is 11.7. The monoisotopic (exact) mass is 376 g/mol. The third-order valence-corrected chi connectivity index (χ3v) is 5.56. The summed E-state index contributed by atoms with van der Waals surface area (Å²) >= 11 is 1.50. The number of furan rings is 1. The number of hydrogen-bond donors (Lipinski definition) is 0. The first-order valence-corrected chi connectivity index (χ1v) is 9.30. The minimum atomic E-state index is 0.767. The number of hydrogen-bond acceptors (Lipinski definition) is 6. The van der Waals surface area contributed by atoms with Crippen molar-refractivity contribution >= 4 is 28.3 Å². The zero-order valence-electron chi connectivity index (χ0n) is 15.0. The molecule has 7 nitrogen and oxygen atoms in total. The van der Waals surface area contributed by atoms with Gasteiger partial charge in [-0.1, -0.05) is 18.2 Å². The number of aromatic nitrogens is 6. The molecule has 0 atom stereocenters. The predicted molar refractivity (Wildman–Crippen MR) is 103 cm³/mol. The highest BCUT2D eigenvalue weighted by molar-refractivity contribution is 7.99. The number of nitrogens with zero attached hydrogens (tertiary/aromatic N) is 6. The molecule has 5 aromatic rings. The number of para-hydroxylation sites is 1. The van der Waals surface area contributed by atoms with Gasteiger partial charge in [-0.3, -0.25) is 0 Å². The summed E-state index contributed by atoms with van der Waals surface area (Å²) in [6.45, 7) is 3.89. The molecule has 27 heavy (non-hydrogen) atoms. The summed E-state index contributed by atoms with van der Waals surface area (Å²) in [6, 6.07) is 12.0. The maximum atomic E-state index is 5.40. The van der Waals surface area contributed by atoms with Gasteiger partial charge >= 0.3 is 0 Å². The number of benzene rings is 1. The lowest BCUT2D eigenvalue weighted by Gasteiger charge is -2.07. The number of aryl methyl sites for hydroxylation is 2. The van der Waals surface area contributed by atoms with Gasteiger partial charge in [-0.2, -0.15) is 5.10 Å². The largest absolute Gasteiger partial charge is 0.469 e. The molecule has 0 fully saturated rings. The van der Waals surface area contributed by atoms with Gasteiger partial charge < -0.3 is 8.98 Å². The van der Waals surface area contributed by atoms with E-state index < -0.39 is 0 Å². The van der Waals surface area contributed by atoms with Crippen LogP contribution in [0, 0.1) is 13.8 Å². The molecule has 1 aromatic carbocycles. The molecule has 0 spiro atoms. The van der Waals surface area contributed by atoms with Crippen molar-refractivity contribution in [3.63, 3.8) is 0 Å². The average molecular weight is 376 g/mol. The van der Waals surface area contributed by atoms with Crippen LogP contribution in [-0.2, 0) is 7.05 Å². The van der Waals surface area contributed by atoms with Crippen LogP contribution in [0.25, 0.3) is 27.9 Å². The van der Waals surface area contributed by atoms with Crippen LogP contribution in [0.5, 0.6) is 0 Å². The lowest BCUT2D eigenvalue weighted by molar-refractivity contribution is 0.534. The van der Waals surface area contributed by atoms with Crippen molar-refractivity contribution in [3.05, 3.63) is 54.1 Å². The van der Waals surface area contributed by atoms with Crippen molar-refractivity contribution in [1.82, 2.24) is 29.4 Å². The van der Waals surface area contributed by atoms with E-state index in [9.17, 15) is 0 Å². The van der Waals surface area contributed by atoms with E-state index in [-0.39, 0.29) is 0 Å². The Balaban J connectivity index is 1.65. The minimum Gasteiger partial charge on any atom is -0.469 e. The first-order valence-electron chi connectivity index (χ1n) is 8.48. The van der Waals surface area contributed by atoms with Gasteiger partial charge in [-0.15, -0.1) is 10.2 Å². The molecule has 5 rings (SSSR count). The third-order valence-electron chi connectivity index (χ3n) is 4.51. The van der Waals surface area contributed by atoms with Gasteiger partial charge in [0.05, 0.1) is 23.0 Å². The fourth-order valence-corrected chi connectivity index (χ4v) is 4.07. The van der Waals surface area contributed by atoms with Crippen LogP contribution in [-0.4, -0.2) is 29.4 Å². The molecule has 0 amide bonds. The van der Waals surface area contributed by atoms with E-state index in [0.717, 1.165) is 49.6 Å². The second kappa shape index (κ2) is 5.95. The van der Waals surface area contributed by atoms with Gasteiger partial charge in [-0.25, -0.2) is 9.50 Å². The van der Waals surface area contributed by atoms with E-state index >= 15 is 0 Å². The standard InChI is InChI=1S/C19H16N6OS/c1-11-10-16-20-18(14-6-4-5-7-15(14)25(16)23-11)27-19-22-21-17(24(19)3)13-8-9-26-12(13)2/h4-10H,1-3H3. The number of rotatable bonds is 3. The summed E-state index contributed by atoms with van der Waals surface area (Å²) < 4.78 is 9.24. The molecule has 0 aliphatic carbocycles. The van der Waals surface area contributed by atoms with Crippen molar-refractivity contribution in [2.24, 2.45) is 7.05 Å². The predicted octanol–water partition coefficient (Wildman–Crippen LogP) is 4.04. The molecule has 0 saturated heterocycles. The van der Waals surface area contributed by atoms with E-state index in [1.54, 1.807) is 6.26 Å². The molecule has 0 saturated carbocycles. The van der Waals surface area contributed by atoms with Gasteiger partial charge in [-0.05, 0) is 37.7 Å². The Morgan fingerprint density at radius 3 is 2.74 bits per heavy atom. The van der Waals surface area contributed by atoms with Crippen LogP contribution in [0.2, 0.25) is 0 Å². The summed E-state index contributed by atoms with van der Waals surface area (Å²) in [5.74, 6) is 1.59. The number of fused-ring (bicyclic) bond motifs is 3. The fraction of sp³-hybridized carbons (Fsp3) is 0.158. The Morgan fingerprint density at radius 2 is 1.93 bits per heavy atom. The third kappa shape index (κ3) is 2.52. The lowest BCUT2D eigenvalue weighted by atomic mass is 10.2.